The molecule has 8 heavy (non-hydrogen) atoms. The van der Waals surface area contributed by atoms with E-state index in [9.17, 15) is 4.39 Å². The summed E-state index contributed by atoms with van der Waals surface area (Å²) >= 11 is 5.27. The fourth-order valence-corrected chi connectivity index (χ4v) is 0.394. The lowest BCUT2D eigenvalue weighted by Crippen LogP contribution is -1.81. The van der Waals surface area contributed by atoms with Gasteiger partial charge in [-0.25, -0.2) is 9.97 Å². The molecule has 0 aromatic carbocycles. The van der Waals surface area contributed by atoms with Crippen molar-refractivity contribution < 1.29 is 4.39 Å². The van der Waals surface area contributed by atoms with Gasteiger partial charge in [0.05, 0.1) is 12.4 Å². The first-order valence-electron chi connectivity index (χ1n) is 1.92. The number of aromatic nitrogens is 2. The summed E-state index contributed by atoms with van der Waals surface area (Å²) in [6.07, 6.45) is 2.11. The van der Waals surface area contributed by atoms with Crippen LogP contribution in [0.3, 0.4) is 0 Å². The Hall–Kier alpha value is -0.700. The van der Waals surface area contributed by atoms with Gasteiger partial charge in [-0.15, -0.1) is 0 Å². The Morgan fingerprint density at radius 2 is 2.12 bits per heavy atom. The first-order chi connectivity index (χ1) is 3.79. The van der Waals surface area contributed by atoms with Crippen LogP contribution >= 0.6 is 11.6 Å². The second-order valence-electron chi connectivity index (χ2n) is 1.16. The van der Waals surface area contributed by atoms with Gasteiger partial charge in [0.1, 0.15) is 5.15 Å². The van der Waals surface area contributed by atoms with Crippen molar-refractivity contribution in [3.63, 3.8) is 0 Å². The topological polar surface area (TPSA) is 25.8 Å². The van der Waals surface area contributed by atoms with Crippen LogP contribution < -0.4 is 0 Å². The SMILES string of the molecule is Fc1cnc(Cl)cn1. The normalized spacial score (nSPS) is 9.25. The van der Waals surface area contributed by atoms with Crippen LogP contribution in [0.25, 0.3) is 0 Å². The lowest BCUT2D eigenvalue weighted by molar-refractivity contribution is 0.576. The molecule has 1 aromatic rings. The maximum Gasteiger partial charge on any atom is 0.231 e. The van der Waals surface area contributed by atoms with Crippen molar-refractivity contribution in [2.75, 3.05) is 0 Å². The average Bonchev–Trinajstić information content (AvgIpc) is 1.77. The first kappa shape index (κ1) is 5.44. The minimum absolute atomic E-state index is 0.200. The summed E-state index contributed by atoms with van der Waals surface area (Å²) in [6, 6.07) is 0. The van der Waals surface area contributed by atoms with Crippen LogP contribution in [0.5, 0.6) is 0 Å². The van der Waals surface area contributed by atoms with Crippen molar-refractivity contribution >= 4 is 11.6 Å². The van der Waals surface area contributed by atoms with Gasteiger partial charge in [0.2, 0.25) is 5.95 Å². The van der Waals surface area contributed by atoms with E-state index in [1.807, 2.05) is 0 Å². The molecule has 1 aromatic heterocycles. The van der Waals surface area contributed by atoms with E-state index in [1.54, 1.807) is 0 Å². The first-order valence-corrected chi connectivity index (χ1v) is 2.30. The van der Waals surface area contributed by atoms with Crippen molar-refractivity contribution in [2.45, 2.75) is 0 Å². The highest BCUT2D eigenvalue weighted by atomic mass is 35.5. The maximum absolute atomic E-state index is 11.9. The molecule has 0 spiro atoms. The number of rotatable bonds is 0. The van der Waals surface area contributed by atoms with Gasteiger partial charge in [-0.3, -0.25) is 0 Å². The number of hydrogen-bond donors (Lipinski definition) is 0. The number of halogens is 2. The standard InChI is InChI=1S/C4H2ClFN2/c5-3-1-8-4(6)2-7-3/h1-2H. The molecule has 0 bridgehead atoms. The van der Waals surface area contributed by atoms with Crippen molar-refractivity contribution in [1.29, 1.82) is 0 Å². The monoisotopic (exact) mass is 132 g/mol. The predicted octanol–water partition coefficient (Wildman–Crippen LogP) is 1.27. The second kappa shape index (κ2) is 2.05. The van der Waals surface area contributed by atoms with Gasteiger partial charge in [-0.2, -0.15) is 4.39 Å². The fourth-order valence-electron chi connectivity index (χ4n) is 0.297. The Labute approximate surface area is 50.3 Å². The van der Waals surface area contributed by atoms with Crippen LogP contribution in [0.15, 0.2) is 12.4 Å². The van der Waals surface area contributed by atoms with E-state index >= 15 is 0 Å². The summed E-state index contributed by atoms with van der Waals surface area (Å²) in [5.41, 5.74) is 0. The van der Waals surface area contributed by atoms with Gasteiger partial charge >= 0.3 is 0 Å². The molecule has 0 N–H and O–H groups in total. The van der Waals surface area contributed by atoms with E-state index in [-0.39, 0.29) is 5.15 Å². The second-order valence-corrected chi connectivity index (χ2v) is 1.55. The molecule has 1 heterocycles. The summed E-state index contributed by atoms with van der Waals surface area (Å²) in [5.74, 6) is -0.616. The maximum atomic E-state index is 11.9. The van der Waals surface area contributed by atoms with E-state index in [0.29, 0.717) is 0 Å². The molecule has 42 valence electrons. The third kappa shape index (κ3) is 1.13. The molecule has 0 aliphatic carbocycles. The fraction of sp³-hybridized carbons (Fsp3) is 0. The van der Waals surface area contributed by atoms with E-state index in [4.69, 9.17) is 11.6 Å². The van der Waals surface area contributed by atoms with E-state index in [1.165, 1.54) is 0 Å². The zero-order valence-electron chi connectivity index (χ0n) is 3.81. The van der Waals surface area contributed by atoms with Crippen LogP contribution in [-0.4, -0.2) is 9.97 Å². The third-order valence-electron chi connectivity index (χ3n) is 0.589. The lowest BCUT2D eigenvalue weighted by atomic mass is 10.7. The molecule has 2 nitrogen and oxygen atoms in total. The smallest absolute Gasteiger partial charge is 0.231 e. The van der Waals surface area contributed by atoms with Crippen molar-refractivity contribution in [1.82, 2.24) is 9.97 Å². The molecular formula is C4H2ClFN2. The Kier molecular flexibility index (Phi) is 1.39. The highest BCUT2D eigenvalue weighted by Crippen LogP contribution is 1.98. The van der Waals surface area contributed by atoms with Crippen LogP contribution in [0.2, 0.25) is 5.15 Å². The van der Waals surface area contributed by atoms with Crippen molar-refractivity contribution in [2.24, 2.45) is 0 Å². The minimum Gasteiger partial charge on any atom is -0.238 e. The van der Waals surface area contributed by atoms with Crippen molar-refractivity contribution in [3.05, 3.63) is 23.5 Å². The minimum atomic E-state index is -0.616. The molecule has 0 atom stereocenters. The number of nitrogens with zero attached hydrogens (tertiary/aromatic N) is 2. The van der Waals surface area contributed by atoms with Gasteiger partial charge in [-0.05, 0) is 0 Å². The van der Waals surface area contributed by atoms with Gasteiger partial charge in [-0.1, -0.05) is 11.6 Å². The van der Waals surface area contributed by atoms with E-state index in [0.717, 1.165) is 12.4 Å². The highest BCUT2D eigenvalue weighted by molar-refractivity contribution is 6.29. The largest absolute Gasteiger partial charge is 0.238 e. The van der Waals surface area contributed by atoms with Crippen LogP contribution in [0.4, 0.5) is 4.39 Å². The Bertz CT molecular complexity index is 153. The Morgan fingerprint density at radius 3 is 2.50 bits per heavy atom. The molecule has 0 radical (unpaired) electrons. The molecule has 0 aliphatic heterocycles. The zero-order valence-corrected chi connectivity index (χ0v) is 4.56. The van der Waals surface area contributed by atoms with Gasteiger partial charge < -0.3 is 0 Å². The van der Waals surface area contributed by atoms with E-state index in [2.05, 4.69) is 9.97 Å². The molecule has 0 saturated carbocycles. The molecule has 0 aliphatic rings. The Balaban J connectivity index is 3.03. The Morgan fingerprint density at radius 1 is 1.38 bits per heavy atom. The van der Waals surface area contributed by atoms with Gasteiger partial charge in [0, 0.05) is 0 Å². The summed E-state index contributed by atoms with van der Waals surface area (Å²) in [4.78, 5) is 6.62. The molecule has 0 unspecified atom stereocenters. The van der Waals surface area contributed by atoms with Crippen LogP contribution in [-0.2, 0) is 0 Å². The van der Waals surface area contributed by atoms with E-state index < -0.39 is 5.95 Å². The summed E-state index contributed by atoms with van der Waals surface area (Å²) in [7, 11) is 0. The predicted molar refractivity (Wildman–Crippen MR) is 27.0 cm³/mol. The van der Waals surface area contributed by atoms with Crippen LogP contribution in [0, 0.1) is 5.95 Å². The summed E-state index contributed by atoms with van der Waals surface area (Å²) in [5, 5.41) is 0.200. The highest BCUT2D eigenvalue weighted by Gasteiger charge is 1.88. The van der Waals surface area contributed by atoms with Crippen LogP contribution in [0.1, 0.15) is 0 Å². The average molecular weight is 133 g/mol. The van der Waals surface area contributed by atoms with Crippen molar-refractivity contribution in [3.8, 4) is 0 Å². The zero-order chi connectivity index (χ0) is 5.98. The lowest BCUT2D eigenvalue weighted by Gasteiger charge is -1.83. The quantitative estimate of drug-likeness (QED) is 0.531. The molecular weight excluding hydrogens is 131 g/mol. The molecule has 4 heteroatoms. The number of hydrogen-bond acceptors (Lipinski definition) is 2. The molecule has 0 amide bonds. The molecule has 1 rings (SSSR count). The third-order valence-corrected chi connectivity index (χ3v) is 0.784. The summed E-state index contributed by atoms with van der Waals surface area (Å²) < 4.78 is 11.9. The van der Waals surface area contributed by atoms with Gasteiger partial charge in [0.15, 0.2) is 0 Å². The summed E-state index contributed by atoms with van der Waals surface area (Å²) in [6.45, 7) is 0. The van der Waals surface area contributed by atoms with Gasteiger partial charge in [0.25, 0.3) is 0 Å². The molecule has 0 saturated heterocycles. The molecule has 0 fully saturated rings.